The second-order valence-electron chi connectivity index (χ2n) is 7.31. The van der Waals surface area contributed by atoms with E-state index < -0.39 is 0 Å². The second kappa shape index (κ2) is 6.29. The summed E-state index contributed by atoms with van der Waals surface area (Å²) in [7, 11) is 0. The van der Waals surface area contributed by atoms with Crippen LogP contribution >= 0.6 is 11.8 Å². The average molecular weight is 378 g/mol. The summed E-state index contributed by atoms with van der Waals surface area (Å²) in [6.45, 7) is 0. The quantitative estimate of drug-likeness (QED) is 0.318. The van der Waals surface area contributed by atoms with E-state index in [1.54, 1.807) is 0 Å². The molecule has 0 radical (unpaired) electrons. The lowest BCUT2D eigenvalue weighted by atomic mass is 10.1. The highest BCUT2D eigenvalue weighted by Gasteiger charge is 2.20. The van der Waals surface area contributed by atoms with Crippen LogP contribution in [0.3, 0.4) is 0 Å². The zero-order chi connectivity index (χ0) is 18.5. The van der Waals surface area contributed by atoms with Gasteiger partial charge in [0.2, 0.25) is 0 Å². The fourth-order valence-electron chi connectivity index (χ4n) is 4.41. The van der Waals surface area contributed by atoms with Gasteiger partial charge in [0.1, 0.15) is 0 Å². The third kappa shape index (κ3) is 2.35. The number of aromatic nitrogens is 1. The van der Waals surface area contributed by atoms with Crippen LogP contribution in [-0.2, 0) is 6.42 Å². The number of thioether (sulfide) groups is 1. The van der Waals surface area contributed by atoms with E-state index in [2.05, 4.69) is 95.6 Å². The SMILES string of the molecule is c1ccc(-c2ccc(-n3c4ccccc4c4c5c(ccc43)CCS5)cc2)cc1. The smallest absolute Gasteiger partial charge is 0.0552 e. The predicted molar refractivity (Wildman–Crippen MR) is 121 cm³/mol. The van der Waals surface area contributed by atoms with Crippen LogP contribution in [0.1, 0.15) is 5.56 Å². The molecule has 0 unspecified atom stereocenters. The molecule has 1 aromatic heterocycles. The van der Waals surface area contributed by atoms with Gasteiger partial charge in [0.15, 0.2) is 0 Å². The topological polar surface area (TPSA) is 4.93 Å². The minimum absolute atomic E-state index is 1.18. The molecule has 2 heterocycles. The Labute approximate surface area is 168 Å². The summed E-state index contributed by atoms with van der Waals surface area (Å²) in [6.07, 6.45) is 1.18. The molecule has 0 aliphatic carbocycles. The average Bonchev–Trinajstić information content (AvgIpc) is 3.36. The highest BCUT2D eigenvalue weighted by Crippen LogP contribution is 2.43. The van der Waals surface area contributed by atoms with E-state index in [9.17, 15) is 0 Å². The Morgan fingerprint density at radius 3 is 2.25 bits per heavy atom. The van der Waals surface area contributed by atoms with Gasteiger partial charge in [0.25, 0.3) is 0 Å². The predicted octanol–water partition coefficient (Wildman–Crippen LogP) is 7.10. The van der Waals surface area contributed by atoms with E-state index in [1.165, 1.54) is 61.3 Å². The lowest BCUT2D eigenvalue weighted by molar-refractivity contribution is 1.15. The van der Waals surface area contributed by atoms with Crippen LogP contribution in [-0.4, -0.2) is 10.3 Å². The van der Waals surface area contributed by atoms with E-state index in [1.807, 2.05) is 11.8 Å². The maximum Gasteiger partial charge on any atom is 0.0552 e. The molecule has 0 spiro atoms. The molecule has 0 bridgehead atoms. The van der Waals surface area contributed by atoms with Gasteiger partial charge in [-0.3, -0.25) is 0 Å². The van der Waals surface area contributed by atoms with Gasteiger partial charge in [-0.05, 0) is 47.4 Å². The number of hydrogen-bond acceptors (Lipinski definition) is 1. The second-order valence-corrected chi connectivity index (χ2v) is 8.42. The largest absolute Gasteiger partial charge is 0.309 e. The highest BCUT2D eigenvalue weighted by molar-refractivity contribution is 7.99. The molecule has 134 valence electrons. The molecular weight excluding hydrogens is 358 g/mol. The molecule has 1 aliphatic rings. The van der Waals surface area contributed by atoms with Gasteiger partial charge in [-0.1, -0.05) is 66.7 Å². The molecule has 5 aromatic rings. The summed E-state index contributed by atoms with van der Waals surface area (Å²) in [4.78, 5) is 1.48. The number of aryl methyl sites for hydroxylation is 1. The number of benzene rings is 4. The first kappa shape index (κ1) is 16.0. The summed E-state index contributed by atoms with van der Waals surface area (Å²) < 4.78 is 2.42. The molecule has 0 fully saturated rings. The lowest BCUT2D eigenvalue weighted by Crippen LogP contribution is -1.94. The van der Waals surface area contributed by atoms with Gasteiger partial charge in [-0.15, -0.1) is 11.8 Å². The molecule has 0 N–H and O–H groups in total. The molecule has 2 heteroatoms. The standard InChI is InChI=1S/C26H19NS/c1-2-6-18(7-3-1)19-10-13-21(14-11-19)27-23-9-5-4-8-22(23)25-24(27)15-12-20-16-17-28-26(20)25/h1-15H,16-17H2. The van der Waals surface area contributed by atoms with Crippen molar-refractivity contribution in [3.8, 4) is 16.8 Å². The maximum absolute atomic E-state index is 2.42. The summed E-state index contributed by atoms with van der Waals surface area (Å²) in [5, 5.41) is 2.78. The van der Waals surface area contributed by atoms with Crippen LogP contribution in [0.5, 0.6) is 0 Å². The first-order chi connectivity index (χ1) is 13.9. The monoisotopic (exact) mass is 377 g/mol. The minimum Gasteiger partial charge on any atom is -0.309 e. The Hall–Kier alpha value is -2.97. The number of hydrogen-bond donors (Lipinski definition) is 0. The third-order valence-electron chi connectivity index (χ3n) is 5.72. The molecular formula is C26H19NS. The van der Waals surface area contributed by atoms with Gasteiger partial charge < -0.3 is 4.57 Å². The number of rotatable bonds is 2. The van der Waals surface area contributed by atoms with Crippen LogP contribution in [0, 0.1) is 0 Å². The molecule has 1 aliphatic heterocycles. The van der Waals surface area contributed by atoms with Gasteiger partial charge in [0.05, 0.1) is 11.0 Å². The van der Waals surface area contributed by atoms with Gasteiger partial charge in [0, 0.05) is 27.1 Å². The number of para-hydroxylation sites is 1. The van der Waals surface area contributed by atoms with Gasteiger partial charge in [-0.2, -0.15) is 0 Å². The Morgan fingerprint density at radius 2 is 1.39 bits per heavy atom. The van der Waals surface area contributed by atoms with Crippen molar-refractivity contribution >= 4 is 33.6 Å². The van der Waals surface area contributed by atoms with Gasteiger partial charge in [-0.25, -0.2) is 0 Å². The van der Waals surface area contributed by atoms with Gasteiger partial charge >= 0.3 is 0 Å². The minimum atomic E-state index is 1.18. The van der Waals surface area contributed by atoms with Crippen LogP contribution < -0.4 is 0 Å². The molecule has 0 saturated carbocycles. The van der Waals surface area contributed by atoms with Crippen molar-refractivity contribution in [1.82, 2.24) is 4.57 Å². The summed E-state index contributed by atoms with van der Waals surface area (Å²) in [5.41, 5.74) is 7.81. The van der Waals surface area contributed by atoms with Crippen LogP contribution in [0.4, 0.5) is 0 Å². The molecule has 1 nitrogen and oxygen atoms in total. The fourth-order valence-corrected chi connectivity index (χ4v) is 5.65. The maximum atomic E-state index is 2.42. The third-order valence-corrected chi connectivity index (χ3v) is 6.89. The number of nitrogens with zero attached hydrogens (tertiary/aromatic N) is 1. The Morgan fingerprint density at radius 1 is 0.643 bits per heavy atom. The zero-order valence-corrected chi connectivity index (χ0v) is 16.2. The Balaban J connectivity index is 1.60. The van der Waals surface area contributed by atoms with Crippen molar-refractivity contribution in [1.29, 1.82) is 0 Å². The van der Waals surface area contributed by atoms with Crippen molar-refractivity contribution in [2.24, 2.45) is 0 Å². The first-order valence-corrected chi connectivity index (χ1v) is 10.7. The Kier molecular flexibility index (Phi) is 3.60. The summed E-state index contributed by atoms with van der Waals surface area (Å²) in [6, 6.07) is 33.0. The normalized spacial score (nSPS) is 13.3. The molecule has 4 aromatic carbocycles. The van der Waals surface area contributed by atoms with Crippen molar-refractivity contribution in [2.75, 3.05) is 5.75 Å². The van der Waals surface area contributed by atoms with E-state index >= 15 is 0 Å². The zero-order valence-electron chi connectivity index (χ0n) is 15.4. The van der Waals surface area contributed by atoms with E-state index in [-0.39, 0.29) is 0 Å². The molecule has 0 atom stereocenters. The Bertz CT molecular complexity index is 1310. The molecule has 0 amide bonds. The van der Waals surface area contributed by atoms with Crippen molar-refractivity contribution in [3.05, 3.63) is 96.6 Å². The van der Waals surface area contributed by atoms with Crippen LogP contribution in [0.15, 0.2) is 95.9 Å². The summed E-state index contributed by atoms with van der Waals surface area (Å²) >= 11 is 2.01. The molecule has 6 rings (SSSR count). The van der Waals surface area contributed by atoms with E-state index in [0.29, 0.717) is 0 Å². The van der Waals surface area contributed by atoms with Crippen molar-refractivity contribution in [2.45, 2.75) is 11.3 Å². The molecule has 0 saturated heterocycles. The van der Waals surface area contributed by atoms with E-state index in [0.717, 1.165) is 0 Å². The van der Waals surface area contributed by atoms with E-state index in [4.69, 9.17) is 0 Å². The molecule has 28 heavy (non-hydrogen) atoms. The van der Waals surface area contributed by atoms with Crippen molar-refractivity contribution in [3.63, 3.8) is 0 Å². The van der Waals surface area contributed by atoms with Crippen LogP contribution in [0.25, 0.3) is 38.6 Å². The first-order valence-electron chi connectivity index (χ1n) is 9.74. The lowest BCUT2D eigenvalue weighted by Gasteiger charge is -2.10. The highest BCUT2D eigenvalue weighted by atomic mass is 32.2. The summed E-state index contributed by atoms with van der Waals surface area (Å²) in [5.74, 6) is 1.19. The fraction of sp³-hybridized carbons (Fsp3) is 0.0769. The van der Waals surface area contributed by atoms with Crippen molar-refractivity contribution < 1.29 is 0 Å². The number of fused-ring (bicyclic) bond motifs is 5. The van der Waals surface area contributed by atoms with Crippen LogP contribution in [0.2, 0.25) is 0 Å².